The van der Waals surface area contributed by atoms with Gasteiger partial charge in [0.05, 0.1) is 10.2 Å². The minimum absolute atomic E-state index is 1.00. The molecule has 126 valence electrons. The second-order valence-electron chi connectivity index (χ2n) is 6.58. The van der Waals surface area contributed by atoms with E-state index in [1.54, 1.807) is 0 Å². The highest BCUT2D eigenvalue weighted by molar-refractivity contribution is 8.01. The summed E-state index contributed by atoms with van der Waals surface area (Å²) >= 11 is 3.76. The van der Waals surface area contributed by atoms with Crippen molar-refractivity contribution < 1.29 is 0 Å². The summed E-state index contributed by atoms with van der Waals surface area (Å²) in [6, 6.07) is 8.44. The van der Waals surface area contributed by atoms with Crippen LogP contribution in [0.5, 0.6) is 0 Å². The van der Waals surface area contributed by atoms with E-state index in [0.29, 0.717) is 0 Å². The van der Waals surface area contributed by atoms with Gasteiger partial charge < -0.3 is 4.90 Å². The fourth-order valence-corrected chi connectivity index (χ4v) is 5.41. The predicted octanol–water partition coefficient (Wildman–Crippen LogP) is 5.68. The van der Waals surface area contributed by atoms with Gasteiger partial charge in [-0.1, -0.05) is 50.1 Å². The molecule has 3 rings (SSSR count). The van der Waals surface area contributed by atoms with E-state index in [0.717, 1.165) is 11.4 Å². The van der Waals surface area contributed by atoms with Crippen LogP contribution in [0.25, 0.3) is 10.2 Å². The number of hydrogen-bond acceptors (Lipinski definition) is 4. The van der Waals surface area contributed by atoms with E-state index in [1.165, 1.54) is 73.0 Å². The third kappa shape index (κ3) is 5.20. The van der Waals surface area contributed by atoms with Gasteiger partial charge in [0.25, 0.3) is 0 Å². The Balaban J connectivity index is 1.33. The van der Waals surface area contributed by atoms with Crippen LogP contribution >= 0.6 is 23.1 Å². The summed E-state index contributed by atoms with van der Waals surface area (Å²) in [6.45, 7) is 6.21. The third-order valence-corrected chi connectivity index (χ3v) is 7.06. The maximum Gasteiger partial charge on any atom is 0.151 e. The van der Waals surface area contributed by atoms with Crippen LogP contribution in [0.4, 0.5) is 0 Å². The normalized spacial score (nSPS) is 17.1. The Bertz CT molecular complexity index is 555. The monoisotopic (exact) mass is 348 g/mol. The number of thiazole rings is 1. The number of nitrogens with zero attached hydrogens (tertiary/aromatic N) is 2. The number of fused-ring (bicyclic) bond motifs is 1. The molecule has 1 aliphatic rings. The van der Waals surface area contributed by atoms with Crippen molar-refractivity contribution in [3.05, 3.63) is 24.3 Å². The van der Waals surface area contributed by atoms with Gasteiger partial charge in [0.2, 0.25) is 0 Å². The summed E-state index contributed by atoms with van der Waals surface area (Å²) in [5.74, 6) is 2.19. The van der Waals surface area contributed by atoms with Gasteiger partial charge >= 0.3 is 0 Å². The Hall–Kier alpha value is -0.580. The zero-order valence-electron chi connectivity index (χ0n) is 14.2. The summed E-state index contributed by atoms with van der Waals surface area (Å²) < 4.78 is 2.54. The average molecular weight is 349 g/mol. The SMILES string of the molecule is CCCCC1CCN(CCCSc2nc3ccccc3s2)CC1. The zero-order valence-corrected chi connectivity index (χ0v) is 15.8. The van der Waals surface area contributed by atoms with E-state index in [9.17, 15) is 0 Å². The number of hydrogen-bond donors (Lipinski definition) is 0. The van der Waals surface area contributed by atoms with Gasteiger partial charge in [-0.3, -0.25) is 0 Å². The summed E-state index contributed by atoms with van der Waals surface area (Å²) in [7, 11) is 0. The van der Waals surface area contributed by atoms with E-state index in [4.69, 9.17) is 4.98 Å². The maximum absolute atomic E-state index is 4.70. The van der Waals surface area contributed by atoms with Gasteiger partial charge in [0.1, 0.15) is 0 Å². The fraction of sp³-hybridized carbons (Fsp3) is 0.632. The standard InChI is InChI=1S/C19H28N2S2/c1-2-3-7-16-10-13-21(14-11-16)12-6-15-22-19-20-17-8-4-5-9-18(17)23-19/h4-5,8-9,16H,2-3,6-7,10-15H2,1H3. The molecule has 1 saturated heterocycles. The van der Waals surface area contributed by atoms with Crippen LogP contribution in [0.2, 0.25) is 0 Å². The van der Waals surface area contributed by atoms with Gasteiger partial charge in [-0.25, -0.2) is 4.98 Å². The van der Waals surface area contributed by atoms with Crippen LogP contribution in [-0.4, -0.2) is 35.3 Å². The van der Waals surface area contributed by atoms with E-state index < -0.39 is 0 Å². The van der Waals surface area contributed by atoms with Gasteiger partial charge in [-0.15, -0.1) is 11.3 Å². The average Bonchev–Trinajstić information content (AvgIpc) is 3.01. The van der Waals surface area contributed by atoms with Crippen LogP contribution < -0.4 is 0 Å². The molecule has 4 heteroatoms. The number of piperidine rings is 1. The van der Waals surface area contributed by atoms with Crippen LogP contribution in [0.15, 0.2) is 28.6 Å². The van der Waals surface area contributed by atoms with Gasteiger partial charge in [0, 0.05) is 5.75 Å². The molecule has 0 saturated carbocycles. The molecule has 1 aromatic heterocycles. The van der Waals surface area contributed by atoms with Crippen molar-refractivity contribution in [2.45, 2.75) is 49.8 Å². The highest BCUT2D eigenvalue weighted by atomic mass is 32.2. The zero-order chi connectivity index (χ0) is 15.9. The van der Waals surface area contributed by atoms with Gasteiger partial charge in [-0.2, -0.15) is 0 Å². The van der Waals surface area contributed by atoms with E-state index in [2.05, 4.69) is 36.1 Å². The Kier molecular flexibility index (Phi) is 6.79. The minimum atomic E-state index is 1.00. The number of unbranched alkanes of at least 4 members (excludes halogenated alkanes) is 1. The lowest BCUT2D eigenvalue weighted by molar-refractivity contribution is 0.178. The molecule has 0 atom stereocenters. The number of para-hydroxylation sites is 1. The Morgan fingerprint density at radius 3 is 2.83 bits per heavy atom. The summed E-state index contributed by atoms with van der Waals surface area (Å²) in [5, 5.41) is 0. The fourth-order valence-electron chi connectivity index (χ4n) is 3.35. The number of benzene rings is 1. The van der Waals surface area contributed by atoms with E-state index in [-0.39, 0.29) is 0 Å². The molecule has 2 aromatic rings. The lowest BCUT2D eigenvalue weighted by Gasteiger charge is -2.31. The van der Waals surface area contributed by atoms with Crippen LogP contribution in [0, 0.1) is 5.92 Å². The predicted molar refractivity (Wildman–Crippen MR) is 104 cm³/mol. The molecular formula is C19H28N2S2. The lowest BCUT2D eigenvalue weighted by Crippen LogP contribution is -2.34. The highest BCUT2D eigenvalue weighted by Crippen LogP contribution is 2.29. The van der Waals surface area contributed by atoms with Crippen LogP contribution in [-0.2, 0) is 0 Å². The van der Waals surface area contributed by atoms with Crippen molar-refractivity contribution in [3.63, 3.8) is 0 Å². The molecule has 1 fully saturated rings. The van der Waals surface area contributed by atoms with Crippen molar-refractivity contribution in [2.75, 3.05) is 25.4 Å². The molecule has 0 aliphatic carbocycles. The molecule has 2 heterocycles. The van der Waals surface area contributed by atoms with Crippen molar-refractivity contribution in [2.24, 2.45) is 5.92 Å². The maximum atomic E-state index is 4.70. The van der Waals surface area contributed by atoms with Crippen molar-refractivity contribution in [1.82, 2.24) is 9.88 Å². The first-order valence-electron chi connectivity index (χ1n) is 9.06. The molecule has 0 bridgehead atoms. The Morgan fingerprint density at radius 2 is 2.04 bits per heavy atom. The molecule has 1 aromatic carbocycles. The smallest absolute Gasteiger partial charge is 0.151 e. The molecule has 1 aliphatic heterocycles. The Morgan fingerprint density at radius 1 is 1.22 bits per heavy atom. The molecular weight excluding hydrogens is 320 g/mol. The molecule has 0 N–H and O–H groups in total. The molecule has 0 radical (unpaired) electrons. The molecule has 0 spiro atoms. The lowest BCUT2D eigenvalue weighted by atomic mass is 9.92. The highest BCUT2D eigenvalue weighted by Gasteiger charge is 2.18. The van der Waals surface area contributed by atoms with E-state index >= 15 is 0 Å². The first kappa shape index (κ1) is 17.2. The molecule has 23 heavy (non-hydrogen) atoms. The van der Waals surface area contributed by atoms with Gasteiger partial charge in [-0.05, 0) is 56.9 Å². The second kappa shape index (κ2) is 9.05. The first-order chi connectivity index (χ1) is 11.3. The Labute approximate surface area is 148 Å². The van der Waals surface area contributed by atoms with Crippen molar-refractivity contribution in [3.8, 4) is 0 Å². The van der Waals surface area contributed by atoms with Gasteiger partial charge in [0.15, 0.2) is 4.34 Å². The summed E-state index contributed by atoms with van der Waals surface area (Å²) in [6.07, 6.45) is 8.35. The quantitative estimate of drug-likeness (QED) is 0.451. The third-order valence-electron chi connectivity index (χ3n) is 4.79. The van der Waals surface area contributed by atoms with Crippen molar-refractivity contribution >= 4 is 33.3 Å². The minimum Gasteiger partial charge on any atom is -0.303 e. The molecule has 0 amide bonds. The topological polar surface area (TPSA) is 16.1 Å². The van der Waals surface area contributed by atoms with Crippen LogP contribution in [0.3, 0.4) is 0 Å². The molecule has 2 nitrogen and oxygen atoms in total. The second-order valence-corrected chi connectivity index (χ2v) is 8.95. The first-order valence-corrected chi connectivity index (χ1v) is 10.9. The number of aromatic nitrogens is 1. The molecule has 0 unspecified atom stereocenters. The summed E-state index contributed by atoms with van der Waals surface area (Å²) in [5.41, 5.74) is 1.15. The summed E-state index contributed by atoms with van der Waals surface area (Å²) in [4.78, 5) is 7.37. The van der Waals surface area contributed by atoms with Crippen LogP contribution in [0.1, 0.15) is 45.4 Å². The van der Waals surface area contributed by atoms with Crippen molar-refractivity contribution in [1.29, 1.82) is 0 Å². The number of rotatable bonds is 8. The number of thioether (sulfide) groups is 1. The van der Waals surface area contributed by atoms with E-state index in [1.807, 2.05) is 23.1 Å². The largest absolute Gasteiger partial charge is 0.303 e. The number of likely N-dealkylation sites (tertiary alicyclic amines) is 1.